The van der Waals surface area contributed by atoms with Crippen LogP contribution in [0.25, 0.3) is 0 Å². The maximum Gasteiger partial charge on any atom is 0.244 e. The molecular weight excluding hydrogens is 230 g/mol. The van der Waals surface area contributed by atoms with Crippen LogP contribution in [-0.4, -0.2) is 27.5 Å². The van der Waals surface area contributed by atoms with E-state index < -0.39 is 15.9 Å². The molecule has 1 aromatic rings. The summed E-state index contributed by atoms with van der Waals surface area (Å²) in [5.41, 5.74) is 5.59. The zero-order chi connectivity index (χ0) is 11.8. The second-order valence-corrected chi connectivity index (χ2v) is 5.17. The van der Waals surface area contributed by atoms with Crippen LogP contribution >= 0.6 is 0 Å². The monoisotopic (exact) mass is 241 g/mol. The van der Waals surface area contributed by atoms with E-state index in [2.05, 4.69) is 4.72 Å². The number of fused-ring (bicyclic) bond motifs is 1. The first-order valence-corrected chi connectivity index (χ1v) is 6.11. The van der Waals surface area contributed by atoms with Crippen molar-refractivity contribution in [2.24, 2.45) is 5.73 Å². The lowest BCUT2D eigenvalue weighted by Gasteiger charge is -2.30. The van der Waals surface area contributed by atoms with Gasteiger partial charge >= 0.3 is 0 Å². The minimum absolute atomic E-state index is 0.0144. The fraction of sp³-hybridized carbons (Fsp3) is 0.222. The van der Waals surface area contributed by atoms with Crippen LogP contribution in [0.2, 0.25) is 0 Å². The topological polar surface area (TPSA) is 92.5 Å². The molecule has 2 rings (SSSR count). The van der Waals surface area contributed by atoms with Gasteiger partial charge in [0.05, 0.1) is 18.9 Å². The molecule has 0 aromatic heterocycles. The zero-order valence-electron chi connectivity index (χ0n) is 8.38. The molecule has 0 radical (unpaired) electrons. The maximum absolute atomic E-state index is 11.7. The number of sulfonamides is 1. The van der Waals surface area contributed by atoms with Crippen LogP contribution in [0.4, 0.5) is 5.69 Å². The van der Waals surface area contributed by atoms with E-state index in [1.54, 1.807) is 23.1 Å². The smallest absolute Gasteiger partial charge is 0.244 e. The van der Waals surface area contributed by atoms with Gasteiger partial charge in [0.2, 0.25) is 15.9 Å². The Balaban J connectivity index is 2.47. The molecule has 0 atom stereocenters. The largest absolute Gasteiger partial charge is 0.368 e. The third-order valence-electron chi connectivity index (χ3n) is 2.29. The minimum atomic E-state index is -3.45. The van der Waals surface area contributed by atoms with E-state index in [9.17, 15) is 13.2 Å². The summed E-state index contributed by atoms with van der Waals surface area (Å²) in [5.74, 6) is -0.504. The second-order valence-electron chi connectivity index (χ2n) is 3.44. The molecule has 16 heavy (non-hydrogen) atoms. The van der Waals surface area contributed by atoms with Crippen molar-refractivity contribution in [1.82, 2.24) is 4.72 Å². The van der Waals surface area contributed by atoms with Crippen LogP contribution in [0.1, 0.15) is 0 Å². The van der Waals surface area contributed by atoms with Crippen molar-refractivity contribution in [3.05, 3.63) is 24.3 Å². The predicted octanol–water partition coefficient (Wildman–Crippen LogP) is -0.772. The number of rotatable bonds is 2. The highest BCUT2D eigenvalue weighted by Gasteiger charge is 2.27. The van der Waals surface area contributed by atoms with Crippen molar-refractivity contribution in [3.8, 4) is 0 Å². The summed E-state index contributed by atoms with van der Waals surface area (Å²) in [6.45, 7) is 0.0435. The van der Waals surface area contributed by atoms with Gasteiger partial charge in [-0.05, 0) is 12.1 Å². The molecule has 1 aliphatic heterocycles. The van der Waals surface area contributed by atoms with E-state index >= 15 is 0 Å². The number of hydrogen-bond donors (Lipinski definition) is 2. The molecule has 1 aliphatic rings. The fourth-order valence-corrected chi connectivity index (χ4v) is 2.81. The normalized spacial score (nSPS) is 17.9. The van der Waals surface area contributed by atoms with Gasteiger partial charge in [-0.3, -0.25) is 4.79 Å². The van der Waals surface area contributed by atoms with Gasteiger partial charge in [0.15, 0.2) is 0 Å². The molecular formula is C9H11N3O3S. The highest BCUT2D eigenvalue weighted by atomic mass is 32.2. The number of carbonyl (C=O) groups excluding carboxylic acids is 1. The van der Waals surface area contributed by atoms with Crippen LogP contribution in [0.5, 0.6) is 0 Å². The molecule has 86 valence electrons. The Kier molecular flexibility index (Phi) is 2.56. The van der Waals surface area contributed by atoms with Gasteiger partial charge in [0.25, 0.3) is 0 Å². The zero-order valence-corrected chi connectivity index (χ0v) is 9.20. The van der Waals surface area contributed by atoms with E-state index in [-0.39, 0.29) is 18.1 Å². The average Bonchev–Trinajstić information content (AvgIpc) is 2.23. The predicted molar refractivity (Wildman–Crippen MR) is 58.2 cm³/mol. The first kappa shape index (κ1) is 10.9. The van der Waals surface area contributed by atoms with Gasteiger partial charge in [0, 0.05) is 0 Å². The number of nitrogens with zero attached hydrogens (tertiary/aromatic N) is 1. The second kappa shape index (κ2) is 3.76. The molecule has 6 nitrogen and oxygen atoms in total. The molecule has 1 aromatic carbocycles. The molecule has 7 heteroatoms. The van der Waals surface area contributed by atoms with Crippen molar-refractivity contribution in [3.63, 3.8) is 0 Å². The van der Waals surface area contributed by atoms with Crippen LogP contribution in [0.15, 0.2) is 29.2 Å². The van der Waals surface area contributed by atoms with Crippen molar-refractivity contribution >= 4 is 21.6 Å². The van der Waals surface area contributed by atoms with Gasteiger partial charge in [-0.2, -0.15) is 4.72 Å². The minimum Gasteiger partial charge on any atom is -0.368 e. The average molecular weight is 241 g/mol. The highest BCUT2D eigenvalue weighted by molar-refractivity contribution is 7.89. The number of primary amides is 1. The van der Waals surface area contributed by atoms with E-state index in [1.165, 1.54) is 6.07 Å². The quantitative estimate of drug-likeness (QED) is 0.711. The molecule has 1 amide bonds. The van der Waals surface area contributed by atoms with Gasteiger partial charge in [0.1, 0.15) is 4.90 Å². The summed E-state index contributed by atoms with van der Waals surface area (Å²) in [4.78, 5) is 12.6. The summed E-state index contributed by atoms with van der Waals surface area (Å²) in [7, 11) is -3.45. The number of nitrogens with one attached hydrogen (secondary N) is 1. The van der Waals surface area contributed by atoms with Crippen molar-refractivity contribution in [2.75, 3.05) is 18.1 Å². The molecule has 1 heterocycles. The lowest BCUT2D eigenvalue weighted by Crippen LogP contribution is -2.46. The number of anilines is 1. The molecule has 0 saturated heterocycles. The van der Waals surface area contributed by atoms with Gasteiger partial charge in [-0.25, -0.2) is 8.42 Å². The Labute approximate surface area is 93.1 Å². The third-order valence-corrected chi connectivity index (χ3v) is 3.72. The van der Waals surface area contributed by atoms with Gasteiger partial charge < -0.3 is 10.6 Å². The van der Waals surface area contributed by atoms with Crippen molar-refractivity contribution < 1.29 is 13.2 Å². The van der Waals surface area contributed by atoms with Crippen molar-refractivity contribution in [2.45, 2.75) is 4.90 Å². The summed E-state index contributed by atoms with van der Waals surface area (Å²) in [5, 5.41) is 0. The molecule has 0 aliphatic carbocycles. The van der Waals surface area contributed by atoms with Crippen LogP contribution in [0.3, 0.4) is 0 Å². The SMILES string of the molecule is NC(=O)CN1CNS(=O)(=O)c2ccccc21. The number of amides is 1. The summed E-state index contributed by atoms with van der Waals surface area (Å²) in [6, 6.07) is 6.49. The Morgan fingerprint density at radius 1 is 1.44 bits per heavy atom. The fourth-order valence-electron chi connectivity index (χ4n) is 1.60. The lowest BCUT2D eigenvalue weighted by atomic mass is 10.3. The molecule has 3 N–H and O–H groups in total. The highest BCUT2D eigenvalue weighted by Crippen LogP contribution is 2.27. The Bertz CT molecular complexity index is 527. The third kappa shape index (κ3) is 1.86. The Morgan fingerprint density at radius 2 is 2.12 bits per heavy atom. The number of carbonyl (C=O) groups is 1. The number of hydrogen-bond acceptors (Lipinski definition) is 4. The molecule has 0 spiro atoms. The summed E-state index contributed by atoms with van der Waals surface area (Å²) >= 11 is 0. The standard InChI is InChI=1S/C9H11N3O3S/c10-9(13)5-12-6-11-16(14,15)8-4-2-1-3-7(8)12/h1-4,11H,5-6H2,(H2,10,13). The van der Waals surface area contributed by atoms with E-state index in [0.29, 0.717) is 5.69 Å². The van der Waals surface area contributed by atoms with Gasteiger partial charge in [-0.1, -0.05) is 12.1 Å². The van der Waals surface area contributed by atoms with Crippen molar-refractivity contribution in [1.29, 1.82) is 0 Å². The van der Waals surface area contributed by atoms with Gasteiger partial charge in [-0.15, -0.1) is 0 Å². The Hall–Kier alpha value is -1.60. The maximum atomic E-state index is 11.7. The number of nitrogens with two attached hydrogens (primary N) is 1. The number of benzene rings is 1. The van der Waals surface area contributed by atoms with Crippen LogP contribution in [0, 0.1) is 0 Å². The van der Waals surface area contributed by atoms with Crippen LogP contribution in [-0.2, 0) is 14.8 Å². The first-order chi connectivity index (χ1) is 7.50. The molecule has 0 bridgehead atoms. The van der Waals surface area contributed by atoms with E-state index in [4.69, 9.17) is 5.73 Å². The van der Waals surface area contributed by atoms with Crippen LogP contribution < -0.4 is 15.4 Å². The molecule has 0 fully saturated rings. The number of para-hydroxylation sites is 1. The lowest BCUT2D eigenvalue weighted by molar-refractivity contribution is -0.116. The summed E-state index contributed by atoms with van der Waals surface area (Å²) < 4.78 is 25.7. The first-order valence-electron chi connectivity index (χ1n) is 4.62. The Morgan fingerprint density at radius 3 is 2.81 bits per heavy atom. The molecule has 0 saturated carbocycles. The molecule has 0 unspecified atom stereocenters. The van der Waals surface area contributed by atoms with E-state index in [0.717, 1.165) is 0 Å². The van der Waals surface area contributed by atoms with E-state index in [1.807, 2.05) is 0 Å². The summed E-state index contributed by atoms with van der Waals surface area (Å²) in [6.07, 6.45) is 0.